The van der Waals surface area contributed by atoms with Crippen molar-refractivity contribution < 1.29 is 19.5 Å². The van der Waals surface area contributed by atoms with Crippen LogP contribution in [0.4, 0.5) is 5.69 Å². The fraction of sp³-hybridized carbons (Fsp3) is 0.312. The van der Waals surface area contributed by atoms with Crippen LogP contribution in [0.15, 0.2) is 36.4 Å². The van der Waals surface area contributed by atoms with Gasteiger partial charge in [-0.1, -0.05) is 24.3 Å². The average Bonchev–Trinajstić information content (AvgIpc) is 3.13. The molecule has 1 heterocycles. The Morgan fingerprint density at radius 3 is 2.19 bits per heavy atom. The fourth-order valence-corrected chi connectivity index (χ4v) is 3.99. The van der Waals surface area contributed by atoms with Gasteiger partial charge in [0.15, 0.2) is 0 Å². The Bertz CT molecular complexity index is 678. The summed E-state index contributed by atoms with van der Waals surface area (Å²) < 4.78 is 0. The summed E-state index contributed by atoms with van der Waals surface area (Å²) in [6.45, 7) is 0. The summed E-state index contributed by atoms with van der Waals surface area (Å²) in [5.74, 6) is -2.02. The highest BCUT2D eigenvalue weighted by atomic mass is 16.4. The third-order valence-corrected chi connectivity index (χ3v) is 4.85. The molecule has 4 unspecified atom stereocenters. The smallest absolute Gasteiger partial charge is 0.337 e. The second-order valence-electron chi connectivity index (χ2n) is 5.83. The number of hydrogen-bond acceptors (Lipinski definition) is 3. The first-order chi connectivity index (χ1) is 10.1. The highest BCUT2D eigenvalue weighted by molar-refractivity contribution is 6.24. The van der Waals surface area contributed by atoms with E-state index in [1.165, 1.54) is 12.1 Å². The zero-order valence-electron chi connectivity index (χ0n) is 11.1. The monoisotopic (exact) mass is 283 g/mol. The van der Waals surface area contributed by atoms with Gasteiger partial charge in [0.05, 0.1) is 23.1 Å². The van der Waals surface area contributed by atoms with Crippen molar-refractivity contribution >= 4 is 23.5 Å². The molecule has 5 heteroatoms. The first-order valence-electron chi connectivity index (χ1n) is 6.98. The highest BCUT2D eigenvalue weighted by Crippen LogP contribution is 2.53. The molecule has 4 atom stereocenters. The molecule has 1 saturated carbocycles. The molecule has 2 bridgehead atoms. The molecule has 2 fully saturated rings. The molecule has 21 heavy (non-hydrogen) atoms. The quantitative estimate of drug-likeness (QED) is 0.662. The number of anilines is 1. The third kappa shape index (κ3) is 1.48. The van der Waals surface area contributed by atoms with E-state index in [0.29, 0.717) is 0 Å². The lowest BCUT2D eigenvalue weighted by Gasteiger charge is -2.19. The number of para-hydroxylation sites is 1. The van der Waals surface area contributed by atoms with Crippen LogP contribution in [0.25, 0.3) is 0 Å². The molecule has 1 aliphatic heterocycles. The molecule has 1 saturated heterocycles. The van der Waals surface area contributed by atoms with Gasteiger partial charge in [-0.05, 0) is 30.4 Å². The minimum Gasteiger partial charge on any atom is -0.478 e. The van der Waals surface area contributed by atoms with Crippen LogP contribution in [0.1, 0.15) is 16.8 Å². The normalized spacial score (nSPS) is 32.9. The lowest BCUT2D eigenvalue weighted by Crippen LogP contribution is -2.34. The van der Waals surface area contributed by atoms with Crippen LogP contribution in [-0.2, 0) is 9.59 Å². The Labute approximate surface area is 120 Å². The molecule has 0 radical (unpaired) electrons. The summed E-state index contributed by atoms with van der Waals surface area (Å²) >= 11 is 0. The maximum absolute atomic E-state index is 12.6. The standard InChI is InChI=1S/C16H13NO4/c18-14-12-8-5-6-9(7-8)13(12)15(19)17(14)11-4-2-1-3-10(11)16(20)21/h1-6,8-9,12-13H,7H2,(H,20,21). The van der Waals surface area contributed by atoms with E-state index in [9.17, 15) is 19.5 Å². The molecule has 2 amide bonds. The highest BCUT2D eigenvalue weighted by Gasteiger charge is 2.59. The van der Waals surface area contributed by atoms with E-state index in [-0.39, 0.29) is 46.7 Å². The van der Waals surface area contributed by atoms with Crippen LogP contribution < -0.4 is 4.90 Å². The largest absolute Gasteiger partial charge is 0.478 e. The predicted octanol–water partition coefficient (Wildman–Crippen LogP) is 1.70. The molecule has 3 aliphatic rings. The molecule has 5 nitrogen and oxygen atoms in total. The number of hydrogen-bond donors (Lipinski definition) is 1. The summed E-state index contributed by atoms with van der Waals surface area (Å²) in [5.41, 5.74) is 0.174. The van der Waals surface area contributed by atoms with E-state index in [2.05, 4.69) is 0 Å². The molecular formula is C16H13NO4. The Morgan fingerprint density at radius 1 is 1.05 bits per heavy atom. The average molecular weight is 283 g/mol. The van der Waals surface area contributed by atoms with Gasteiger partial charge in [0.25, 0.3) is 0 Å². The Morgan fingerprint density at radius 2 is 1.62 bits per heavy atom. The van der Waals surface area contributed by atoms with Gasteiger partial charge in [-0.3, -0.25) is 9.59 Å². The lowest BCUT2D eigenvalue weighted by molar-refractivity contribution is -0.123. The predicted molar refractivity (Wildman–Crippen MR) is 73.6 cm³/mol. The molecule has 106 valence electrons. The Balaban J connectivity index is 1.80. The number of rotatable bonds is 2. The number of fused-ring (bicyclic) bond motifs is 5. The molecule has 0 spiro atoms. The second-order valence-corrected chi connectivity index (χ2v) is 5.83. The number of benzene rings is 1. The van der Waals surface area contributed by atoms with Gasteiger partial charge < -0.3 is 5.11 Å². The summed E-state index contributed by atoms with van der Waals surface area (Å²) in [5, 5.41) is 9.26. The summed E-state index contributed by atoms with van der Waals surface area (Å²) in [7, 11) is 0. The second kappa shape index (κ2) is 4.04. The zero-order valence-corrected chi connectivity index (χ0v) is 11.1. The van der Waals surface area contributed by atoms with Gasteiger partial charge in [0, 0.05) is 0 Å². The minimum absolute atomic E-state index is 0.0144. The Hall–Kier alpha value is -2.43. The molecule has 2 aliphatic carbocycles. The summed E-state index contributed by atoms with van der Waals surface area (Å²) in [4.78, 5) is 37.7. The van der Waals surface area contributed by atoms with Crippen LogP contribution in [0.5, 0.6) is 0 Å². The van der Waals surface area contributed by atoms with Crippen LogP contribution in [-0.4, -0.2) is 22.9 Å². The van der Waals surface area contributed by atoms with Gasteiger partial charge in [-0.25, -0.2) is 9.69 Å². The van der Waals surface area contributed by atoms with E-state index in [0.717, 1.165) is 11.3 Å². The number of amides is 2. The van der Waals surface area contributed by atoms with Crippen molar-refractivity contribution in [2.75, 3.05) is 4.90 Å². The number of carboxylic acids is 1. The van der Waals surface area contributed by atoms with Crippen molar-refractivity contribution in [3.8, 4) is 0 Å². The number of aromatic carboxylic acids is 1. The number of imide groups is 1. The lowest BCUT2D eigenvalue weighted by atomic mass is 9.85. The van der Waals surface area contributed by atoms with Crippen molar-refractivity contribution in [3.63, 3.8) is 0 Å². The molecule has 0 aromatic heterocycles. The maximum atomic E-state index is 12.6. The molecular weight excluding hydrogens is 270 g/mol. The Kier molecular flexibility index (Phi) is 2.37. The van der Waals surface area contributed by atoms with Crippen molar-refractivity contribution in [2.24, 2.45) is 23.7 Å². The molecule has 1 aromatic carbocycles. The fourth-order valence-electron chi connectivity index (χ4n) is 3.99. The van der Waals surface area contributed by atoms with E-state index in [1.807, 2.05) is 12.2 Å². The SMILES string of the molecule is O=C(O)c1ccccc1N1C(=O)C2C3C=CC(C3)C2C1=O. The van der Waals surface area contributed by atoms with E-state index in [1.54, 1.807) is 12.1 Å². The van der Waals surface area contributed by atoms with Gasteiger partial charge in [0.2, 0.25) is 11.8 Å². The van der Waals surface area contributed by atoms with E-state index >= 15 is 0 Å². The van der Waals surface area contributed by atoms with Crippen molar-refractivity contribution in [3.05, 3.63) is 42.0 Å². The van der Waals surface area contributed by atoms with Gasteiger partial charge in [-0.2, -0.15) is 0 Å². The van der Waals surface area contributed by atoms with Crippen molar-refractivity contribution in [1.82, 2.24) is 0 Å². The molecule has 4 rings (SSSR count). The minimum atomic E-state index is -1.13. The van der Waals surface area contributed by atoms with Gasteiger partial charge in [-0.15, -0.1) is 0 Å². The zero-order chi connectivity index (χ0) is 14.7. The van der Waals surface area contributed by atoms with Gasteiger partial charge in [0.1, 0.15) is 0 Å². The molecule has 1 aromatic rings. The third-order valence-electron chi connectivity index (χ3n) is 4.85. The van der Waals surface area contributed by atoms with Crippen molar-refractivity contribution in [1.29, 1.82) is 0 Å². The van der Waals surface area contributed by atoms with Crippen LogP contribution >= 0.6 is 0 Å². The summed E-state index contributed by atoms with van der Waals surface area (Å²) in [6, 6.07) is 6.17. The topological polar surface area (TPSA) is 74.7 Å². The first kappa shape index (κ1) is 12.3. The molecule has 1 N–H and O–H groups in total. The number of nitrogens with zero attached hydrogens (tertiary/aromatic N) is 1. The van der Waals surface area contributed by atoms with Crippen LogP contribution in [0.2, 0.25) is 0 Å². The van der Waals surface area contributed by atoms with E-state index < -0.39 is 5.97 Å². The number of carbonyl (C=O) groups is 3. The number of carboxylic acid groups (broad SMARTS) is 1. The van der Waals surface area contributed by atoms with Gasteiger partial charge >= 0.3 is 5.97 Å². The van der Waals surface area contributed by atoms with Crippen LogP contribution in [0.3, 0.4) is 0 Å². The first-order valence-corrected chi connectivity index (χ1v) is 6.98. The van der Waals surface area contributed by atoms with Crippen molar-refractivity contribution in [2.45, 2.75) is 6.42 Å². The summed E-state index contributed by atoms with van der Waals surface area (Å²) in [6.07, 6.45) is 4.90. The number of carbonyl (C=O) groups excluding carboxylic acids is 2. The van der Waals surface area contributed by atoms with Crippen LogP contribution in [0, 0.1) is 23.7 Å². The maximum Gasteiger partial charge on any atom is 0.337 e. The number of allylic oxidation sites excluding steroid dienone is 2. The van der Waals surface area contributed by atoms with E-state index in [4.69, 9.17) is 0 Å².